The molecular formula is C11H24N2O2. The van der Waals surface area contributed by atoms with E-state index in [0.29, 0.717) is 12.5 Å². The van der Waals surface area contributed by atoms with Crippen molar-refractivity contribution in [3.63, 3.8) is 0 Å². The quantitative estimate of drug-likeness (QED) is 0.756. The van der Waals surface area contributed by atoms with Crippen molar-refractivity contribution in [2.45, 2.75) is 52.6 Å². The van der Waals surface area contributed by atoms with E-state index in [0.717, 1.165) is 6.42 Å². The molecule has 3 N–H and O–H groups in total. The maximum Gasteiger partial charge on any atom is 0.408 e. The summed E-state index contributed by atoms with van der Waals surface area (Å²) < 4.78 is 0. The van der Waals surface area contributed by atoms with Gasteiger partial charge >= 0.3 is 6.09 Å². The summed E-state index contributed by atoms with van der Waals surface area (Å²) in [6.07, 6.45) is -0.0846. The molecule has 4 heteroatoms. The first-order valence-electron chi connectivity index (χ1n) is 5.42. The first kappa shape index (κ1) is 14.2. The molecule has 0 aliphatic rings. The fraction of sp³-hybridized carbons (Fsp3) is 0.909. The van der Waals surface area contributed by atoms with Gasteiger partial charge < -0.3 is 10.8 Å². The molecule has 0 aromatic heterocycles. The smallest absolute Gasteiger partial charge is 0.408 e. The average molecular weight is 216 g/mol. The zero-order chi connectivity index (χ0) is 12.2. The number of hydrogen-bond donors (Lipinski definition) is 2. The third-order valence-corrected chi connectivity index (χ3v) is 2.31. The van der Waals surface area contributed by atoms with Gasteiger partial charge in [0.05, 0.1) is 0 Å². The van der Waals surface area contributed by atoms with Crippen LogP contribution in [0.3, 0.4) is 0 Å². The van der Waals surface area contributed by atoms with Crippen LogP contribution < -0.4 is 5.73 Å². The van der Waals surface area contributed by atoms with Crippen molar-refractivity contribution in [2.24, 2.45) is 11.7 Å². The summed E-state index contributed by atoms with van der Waals surface area (Å²) in [6, 6.07) is -0.0949. The Balaban J connectivity index is 4.79. The second kappa shape index (κ2) is 5.35. The first-order chi connectivity index (χ1) is 6.70. The van der Waals surface area contributed by atoms with Gasteiger partial charge in [0.25, 0.3) is 0 Å². The Morgan fingerprint density at radius 2 is 1.87 bits per heavy atom. The highest BCUT2D eigenvalue weighted by molar-refractivity contribution is 5.66. The largest absolute Gasteiger partial charge is 0.465 e. The third-order valence-electron chi connectivity index (χ3n) is 2.31. The molecule has 0 heterocycles. The molecule has 0 saturated heterocycles. The molecular weight excluding hydrogens is 192 g/mol. The number of hydrogen-bond acceptors (Lipinski definition) is 2. The summed E-state index contributed by atoms with van der Waals surface area (Å²) in [5.41, 5.74) is 5.25. The van der Waals surface area contributed by atoms with Crippen molar-refractivity contribution in [3.8, 4) is 0 Å². The molecule has 0 aliphatic carbocycles. The van der Waals surface area contributed by atoms with E-state index < -0.39 is 11.6 Å². The lowest BCUT2D eigenvalue weighted by atomic mass is 9.97. The molecule has 90 valence electrons. The number of nitrogens with zero attached hydrogens (tertiary/aromatic N) is 1. The third kappa shape index (κ3) is 4.51. The van der Waals surface area contributed by atoms with E-state index in [1.807, 2.05) is 20.8 Å². The van der Waals surface area contributed by atoms with Crippen LogP contribution in [0.1, 0.15) is 41.0 Å². The van der Waals surface area contributed by atoms with Crippen LogP contribution in [0, 0.1) is 5.92 Å². The summed E-state index contributed by atoms with van der Waals surface area (Å²) >= 11 is 0. The predicted molar refractivity (Wildman–Crippen MR) is 61.9 cm³/mol. The Labute approximate surface area is 92.4 Å². The fourth-order valence-electron chi connectivity index (χ4n) is 1.84. The van der Waals surface area contributed by atoms with Crippen molar-refractivity contribution < 1.29 is 9.90 Å². The van der Waals surface area contributed by atoms with E-state index in [-0.39, 0.29) is 6.04 Å². The van der Waals surface area contributed by atoms with Gasteiger partial charge in [-0.3, -0.25) is 4.90 Å². The zero-order valence-corrected chi connectivity index (χ0v) is 10.4. The molecule has 1 amide bonds. The maximum atomic E-state index is 11.2. The van der Waals surface area contributed by atoms with Gasteiger partial charge in [0.1, 0.15) is 0 Å². The van der Waals surface area contributed by atoms with E-state index in [2.05, 4.69) is 13.8 Å². The van der Waals surface area contributed by atoms with Crippen molar-refractivity contribution in [1.29, 1.82) is 0 Å². The minimum absolute atomic E-state index is 0.0949. The normalized spacial score (nSPS) is 14.1. The van der Waals surface area contributed by atoms with Crippen LogP contribution in [0.2, 0.25) is 0 Å². The lowest BCUT2D eigenvalue weighted by Gasteiger charge is -2.39. The molecule has 0 saturated carbocycles. The molecule has 0 bridgehead atoms. The number of rotatable bonds is 4. The van der Waals surface area contributed by atoms with Gasteiger partial charge in [-0.2, -0.15) is 0 Å². The number of carboxylic acid groups (broad SMARTS) is 1. The van der Waals surface area contributed by atoms with Gasteiger partial charge in [-0.1, -0.05) is 13.8 Å². The van der Waals surface area contributed by atoms with Crippen molar-refractivity contribution in [1.82, 2.24) is 4.90 Å². The standard InChI is InChI=1S/C11H24N2O2/c1-8(2)6-9(7-12)13(10(14)15)11(3,4)5/h8-9H,6-7,12H2,1-5H3,(H,14,15). The van der Waals surface area contributed by atoms with Gasteiger partial charge in [-0.05, 0) is 33.1 Å². The maximum absolute atomic E-state index is 11.2. The van der Waals surface area contributed by atoms with E-state index in [9.17, 15) is 9.90 Å². The monoisotopic (exact) mass is 216 g/mol. The molecule has 1 unspecified atom stereocenters. The van der Waals surface area contributed by atoms with Crippen LogP contribution in [0.25, 0.3) is 0 Å². The first-order valence-corrected chi connectivity index (χ1v) is 5.42. The van der Waals surface area contributed by atoms with E-state index in [4.69, 9.17) is 5.73 Å². The minimum Gasteiger partial charge on any atom is -0.465 e. The van der Waals surface area contributed by atoms with Gasteiger partial charge in [0.15, 0.2) is 0 Å². The Morgan fingerprint density at radius 3 is 2.07 bits per heavy atom. The Bertz CT molecular complexity index is 209. The Hall–Kier alpha value is -0.770. The number of amides is 1. The zero-order valence-electron chi connectivity index (χ0n) is 10.4. The summed E-state index contributed by atoms with van der Waals surface area (Å²) in [7, 11) is 0. The predicted octanol–water partition coefficient (Wildman–Crippen LogP) is 2.14. The SMILES string of the molecule is CC(C)CC(CN)N(C(=O)O)C(C)(C)C. The summed E-state index contributed by atoms with van der Waals surface area (Å²) in [5.74, 6) is 0.447. The molecule has 0 aliphatic heterocycles. The molecule has 0 fully saturated rings. The molecule has 0 rings (SSSR count). The van der Waals surface area contributed by atoms with E-state index in [1.165, 1.54) is 4.90 Å². The van der Waals surface area contributed by atoms with Crippen LogP contribution in [0.15, 0.2) is 0 Å². The molecule has 4 nitrogen and oxygen atoms in total. The lowest BCUT2D eigenvalue weighted by molar-refractivity contribution is 0.0656. The molecule has 15 heavy (non-hydrogen) atoms. The van der Waals surface area contributed by atoms with Crippen LogP contribution >= 0.6 is 0 Å². The molecule has 0 radical (unpaired) electrons. The molecule has 0 aromatic rings. The summed E-state index contributed by atoms with van der Waals surface area (Å²) in [5, 5.41) is 9.19. The van der Waals surface area contributed by atoms with Gasteiger partial charge in [-0.15, -0.1) is 0 Å². The lowest BCUT2D eigenvalue weighted by Crippen LogP contribution is -2.54. The van der Waals surface area contributed by atoms with Crippen LogP contribution in [-0.4, -0.2) is 34.2 Å². The molecule has 0 spiro atoms. The second-order valence-electron chi connectivity index (χ2n) is 5.34. The Kier molecular flexibility index (Phi) is 5.08. The highest BCUT2D eigenvalue weighted by atomic mass is 16.4. The van der Waals surface area contributed by atoms with Crippen LogP contribution in [-0.2, 0) is 0 Å². The van der Waals surface area contributed by atoms with Gasteiger partial charge in [0, 0.05) is 18.1 Å². The topological polar surface area (TPSA) is 66.6 Å². The van der Waals surface area contributed by atoms with E-state index >= 15 is 0 Å². The van der Waals surface area contributed by atoms with Crippen LogP contribution in [0.5, 0.6) is 0 Å². The van der Waals surface area contributed by atoms with Gasteiger partial charge in [-0.25, -0.2) is 4.79 Å². The van der Waals surface area contributed by atoms with Crippen molar-refractivity contribution in [3.05, 3.63) is 0 Å². The fourth-order valence-corrected chi connectivity index (χ4v) is 1.84. The van der Waals surface area contributed by atoms with Crippen molar-refractivity contribution in [2.75, 3.05) is 6.54 Å². The van der Waals surface area contributed by atoms with Crippen molar-refractivity contribution >= 4 is 6.09 Å². The molecule has 1 atom stereocenters. The van der Waals surface area contributed by atoms with E-state index in [1.54, 1.807) is 0 Å². The summed E-state index contributed by atoms with van der Waals surface area (Å²) in [4.78, 5) is 12.7. The highest BCUT2D eigenvalue weighted by Gasteiger charge is 2.32. The van der Waals surface area contributed by atoms with Gasteiger partial charge in [0.2, 0.25) is 0 Å². The Morgan fingerprint density at radius 1 is 1.40 bits per heavy atom. The minimum atomic E-state index is -0.890. The van der Waals surface area contributed by atoms with Crippen LogP contribution in [0.4, 0.5) is 4.79 Å². The number of carbonyl (C=O) groups is 1. The average Bonchev–Trinajstić information content (AvgIpc) is 1.98. The summed E-state index contributed by atoms with van der Waals surface area (Å²) in [6.45, 7) is 10.2. The number of nitrogens with two attached hydrogens (primary N) is 1. The highest BCUT2D eigenvalue weighted by Crippen LogP contribution is 2.21. The molecule has 0 aromatic carbocycles. The second-order valence-corrected chi connectivity index (χ2v) is 5.34.